The largest absolute Gasteiger partial charge is 0.332 e. The summed E-state index contributed by atoms with van der Waals surface area (Å²) in [6, 6.07) is 9.92. The first-order valence-corrected chi connectivity index (χ1v) is 12.8. The van der Waals surface area contributed by atoms with E-state index in [9.17, 15) is 0 Å². The third-order valence-electron chi connectivity index (χ3n) is 6.18. The van der Waals surface area contributed by atoms with Gasteiger partial charge in [-0.2, -0.15) is 10.1 Å². The van der Waals surface area contributed by atoms with E-state index in [4.69, 9.17) is 32.8 Å². The second-order valence-electron chi connectivity index (χ2n) is 9.69. The molecule has 172 valence electrons. The van der Waals surface area contributed by atoms with E-state index >= 15 is 0 Å². The highest BCUT2D eigenvalue weighted by Gasteiger charge is 2.28. The highest BCUT2D eigenvalue weighted by molar-refractivity contribution is 7.15. The highest BCUT2D eigenvalue weighted by atomic mass is 35.5. The number of hydrogen-bond acceptors (Lipinski definition) is 5. The molecule has 3 aromatic heterocycles. The molecule has 0 bridgehead atoms. The maximum absolute atomic E-state index is 6.61. The van der Waals surface area contributed by atoms with Crippen LogP contribution in [0.1, 0.15) is 68.6 Å². The third-order valence-corrected chi connectivity index (χ3v) is 7.97. The fourth-order valence-electron chi connectivity index (χ4n) is 4.35. The van der Waals surface area contributed by atoms with Crippen molar-refractivity contribution in [1.29, 1.82) is 0 Å². The van der Waals surface area contributed by atoms with Gasteiger partial charge in [0, 0.05) is 20.9 Å². The van der Waals surface area contributed by atoms with Crippen LogP contribution in [-0.4, -0.2) is 19.9 Å². The summed E-state index contributed by atoms with van der Waals surface area (Å²) in [5, 5.41) is 10.2. The highest BCUT2D eigenvalue weighted by Crippen LogP contribution is 2.43. The molecular formula is C25H26Cl2N4OS. The van der Waals surface area contributed by atoms with E-state index in [0.29, 0.717) is 33.4 Å². The first kappa shape index (κ1) is 22.6. The molecule has 0 saturated heterocycles. The summed E-state index contributed by atoms with van der Waals surface area (Å²) in [6.45, 7) is 8.22. The fourth-order valence-corrected chi connectivity index (χ4v) is 6.10. The van der Waals surface area contributed by atoms with Crippen molar-refractivity contribution in [1.82, 2.24) is 19.9 Å². The predicted octanol–water partition coefficient (Wildman–Crippen LogP) is 8.22. The number of thiophene rings is 1. The summed E-state index contributed by atoms with van der Waals surface area (Å²) in [5.74, 6) is 1.72. The number of benzene rings is 1. The van der Waals surface area contributed by atoms with Crippen LogP contribution in [0.2, 0.25) is 10.0 Å². The van der Waals surface area contributed by atoms with Gasteiger partial charge in [0.05, 0.1) is 21.3 Å². The molecule has 0 N–H and O–H groups in total. The van der Waals surface area contributed by atoms with Crippen molar-refractivity contribution in [2.45, 2.75) is 64.7 Å². The molecular weight excluding hydrogens is 475 g/mol. The third kappa shape index (κ3) is 4.25. The standard InChI is InChI=1S/C25H26Cl2N4OS/c1-14-21(23-28-24(30-32-23)25(2,3)4)29-31(18-10-9-16(26)13-17(18)27)22(14)20-12-11-19(33-20)15-7-5-6-8-15/h9-13,15H,5-8H2,1-4H3. The number of nitrogens with zero attached hydrogens (tertiary/aromatic N) is 4. The zero-order valence-electron chi connectivity index (χ0n) is 19.2. The maximum atomic E-state index is 6.61. The maximum Gasteiger partial charge on any atom is 0.278 e. The lowest BCUT2D eigenvalue weighted by molar-refractivity contribution is 0.401. The molecule has 5 rings (SSSR count). The molecule has 5 nitrogen and oxygen atoms in total. The SMILES string of the molecule is Cc1c(-c2nc(C(C)(C)C)no2)nn(-c2ccc(Cl)cc2Cl)c1-c1ccc(C2CCCC2)s1. The van der Waals surface area contributed by atoms with Crippen molar-refractivity contribution >= 4 is 34.5 Å². The fraction of sp³-hybridized carbons (Fsp3) is 0.400. The van der Waals surface area contributed by atoms with Gasteiger partial charge in [0.25, 0.3) is 5.89 Å². The molecule has 1 aliphatic carbocycles. The number of hydrogen-bond donors (Lipinski definition) is 0. The van der Waals surface area contributed by atoms with Crippen molar-refractivity contribution in [3.05, 3.63) is 56.6 Å². The summed E-state index contributed by atoms with van der Waals surface area (Å²) in [6.07, 6.45) is 5.16. The molecule has 1 aliphatic rings. The van der Waals surface area contributed by atoms with E-state index in [0.717, 1.165) is 21.8 Å². The Bertz CT molecular complexity index is 1310. The van der Waals surface area contributed by atoms with Crippen LogP contribution in [0, 0.1) is 6.92 Å². The number of aromatic nitrogens is 4. The van der Waals surface area contributed by atoms with Gasteiger partial charge >= 0.3 is 0 Å². The Kier molecular flexibility index (Phi) is 5.88. The summed E-state index contributed by atoms with van der Waals surface area (Å²) in [7, 11) is 0. The van der Waals surface area contributed by atoms with Crippen LogP contribution in [0.25, 0.3) is 27.8 Å². The molecule has 1 saturated carbocycles. The molecule has 0 radical (unpaired) electrons. The molecule has 0 aliphatic heterocycles. The molecule has 0 atom stereocenters. The lowest BCUT2D eigenvalue weighted by atomic mass is 9.96. The second-order valence-corrected chi connectivity index (χ2v) is 11.6. The average Bonchev–Trinajstić information content (AvgIpc) is 3.53. The first-order chi connectivity index (χ1) is 15.7. The quantitative estimate of drug-likeness (QED) is 0.283. The second kappa shape index (κ2) is 8.57. The van der Waals surface area contributed by atoms with Crippen molar-refractivity contribution in [3.63, 3.8) is 0 Å². The zero-order valence-corrected chi connectivity index (χ0v) is 21.5. The minimum atomic E-state index is -0.218. The van der Waals surface area contributed by atoms with Crippen LogP contribution >= 0.6 is 34.5 Å². The van der Waals surface area contributed by atoms with Gasteiger partial charge in [-0.3, -0.25) is 0 Å². The van der Waals surface area contributed by atoms with Gasteiger partial charge in [-0.1, -0.05) is 62.0 Å². The van der Waals surface area contributed by atoms with Crippen LogP contribution in [0.3, 0.4) is 0 Å². The van der Waals surface area contributed by atoms with Gasteiger partial charge in [0.2, 0.25) is 0 Å². The lowest BCUT2D eigenvalue weighted by Gasteiger charge is -2.10. The molecule has 1 fully saturated rings. The Hall–Kier alpha value is -2.15. The number of rotatable bonds is 4. The number of halogens is 2. The van der Waals surface area contributed by atoms with Crippen molar-refractivity contribution < 1.29 is 4.52 Å². The van der Waals surface area contributed by atoms with Crippen molar-refractivity contribution in [2.75, 3.05) is 0 Å². The smallest absolute Gasteiger partial charge is 0.278 e. The van der Waals surface area contributed by atoms with E-state index in [1.807, 2.05) is 35.1 Å². The van der Waals surface area contributed by atoms with Crippen LogP contribution in [0.15, 0.2) is 34.9 Å². The van der Waals surface area contributed by atoms with E-state index in [2.05, 4.69) is 43.0 Å². The van der Waals surface area contributed by atoms with Crippen molar-refractivity contribution in [2.24, 2.45) is 0 Å². The van der Waals surface area contributed by atoms with Crippen LogP contribution in [0.5, 0.6) is 0 Å². The first-order valence-electron chi connectivity index (χ1n) is 11.2. The summed E-state index contributed by atoms with van der Waals surface area (Å²) in [4.78, 5) is 7.24. The van der Waals surface area contributed by atoms with Gasteiger partial charge in [-0.05, 0) is 56.0 Å². The van der Waals surface area contributed by atoms with Gasteiger partial charge in [-0.15, -0.1) is 11.3 Å². The molecule has 4 aromatic rings. The zero-order chi connectivity index (χ0) is 23.3. The van der Waals surface area contributed by atoms with Crippen LogP contribution in [0.4, 0.5) is 0 Å². The minimum Gasteiger partial charge on any atom is -0.332 e. The van der Waals surface area contributed by atoms with E-state index in [-0.39, 0.29) is 5.41 Å². The Labute approximate surface area is 207 Å². The Morgan fingerprint density at radius 2 is 1.85 bits per heavy atom. The monoisotopic (exact) mass is 500 g/mol. The van der Waals surface area contributed by atoms with Crippen LogP contribution in [-0.2, 0) is 5.41 Å². The molecule has 0 amide bonds. The van der Waals surface area contributed by atoms with Gasteiger partial charge in [0.1, 0.15) is 0 Å². The normalized spacial score (nSPS) is 15.0. The topological polar surface area (TPSA) is 56.7 Å². The van der Waals surface area contributed by atoms with Crippen LogP contribution < -0.4 is 0 Å². The molecule has 8 heteroatoms. The summed E-state index contributed by atoms with van der Waals surface area (Å²) >= 11 is 14.6. The molecule has 1 aromatic carbocycles. The van der Waals surface area contributed by atoms with E-state index in [1.54, 1.807) is 6.07 Å². The summed E-state index contributed by atoms with van der Waals surface area (Å²) in [5.41, 5.74) is 3.17. The van der Waals surface area contributed by atoms with Gasteiger partial charge in [0.15, 0.2) is 11.5 Å². The van der Waals surface area contributed by atoms with E-state index in [1.165, 1.54) is 30.6 Å². The summed E-state index contributed by atoms with van der Waals surface area (Å²) < 4.78 is 7.53. The average molecular weight is 501 g/mol. The predicted molar refractivity (Wildman–Crippen MR) is 135 cm³/mol. The molecule has 0 unspecified atom stereocenters. The lowest BCUT2D eigenvalue weighted by Crippen LogP contribution is -2.13. The van der Waals surface area contributed by atoms with E-state index < -0.39 is 0 Å². The van der Waals surface area contributed by atoms with Crippen molar-refractivity contribution in [3.8, 4) is 27.8 Å². The molecule has 0 spiro atoms. The molecule has 33 heavy (non-hydrogen) atoms. The Morgan fingerprint density at radius 3 is 2.52 bits per heavy atom. The Morgan fingerprint density at radius 1 is 1.09 bits per heavy atom. The van der Waals surface area contributed by atoms with Gasteiger partial charge in [-0.25, -0.2) is 4.68 Å². The molecule has 3 heterocycles. The van der Waals surface area contributed by atoms with Gasteiger partial charge < -0.3 is 4.52 Å². The minimum absolute atomic E-state index is 0.218. The Balaban J connectivity index is 1.67.